The molecule has 1 aromatic carbocycles. The van der Waals surface area contributed by atoms with Crippen molar-refractivity contribution in [2.45, 2.75) is 31.8 Å². The number of rotatable bonds is 8. The average Bonchev–Trinajstić information content (AvgIpc) is 3.29. The second-order valence-corrected chi connectivity index (χ2v) is 7.42. The zero-order valence-electron chi connectivity index (χ0n) is 16.7. The Bertz CT molecular complexity index is 1110. The van der Waals surface area contributed by atoms with Crippen LogP contribution in [0.5, 0.6) is 0 Å². The molecule has 0 radical (unpaired) electrons. The molecule has 160 valence electrons. The largest absolute Gasteiger partial charge is 0.361 e. The number of nitrogens with one attached hydrogen (secondary N) is 3. The number of hydrogen-bond acceptors (Lipinski definition) is 4. The molecule has 3 heterocycles. The molecule has 0 bridgehead atoms. The SMILES string of the molecule is O=C(CC[C@@H]1NC(=O)N(CCc2c[nH]c3ccc(F)cc23)C1=O)NCc1cccnc1. The van der Waals surface area contributed by atoms with Crippen molar-refractivity contribution in [1.82, 2.24) is 25.5 Å². The van der Waals surface area contributed by atoms with E-state index in [1.807, 2.05) is 6.07 Å². The number of benzene rings is 1. The van der Waals surface area contributed by atoms with Crippen LogP contribution in [0, 0.1) is 5.82 Å². The maximum absolute atomic E-state index is 13.5. The Balaban J connectivity index is 1.28. The quantitative estimate of drug-likeness (QED) is 0.483. The lowest BCUT2D eigenvalue weighted by molar-refractivity contribution is -0.127. The van der Waals surface area contributed by atoms with Crippen LogP contribution < -0.4 is 10.6 Å². The molecule has 4 amide bonds. The van der Waals surface area contributed by atoms with E-state index < -0.39 is 12.1 Å². The Hall–Kier alpha value is -3.75. The minimum atomic E-state index is -0.725. The van der Waals surface area contributed by atoms with Crippen molar-refractivity contribution < 1.29 is 18.8 Å². The summed E-state index contributed by atoms with van der Waals surface area (Å²) in [7, 11) is 0. The monoisotopic (exact) mass is 423 g/mol. The molecule has 0 aliphatic carbocycles. The van der Waals surface area contributed by atoms with Gasteiger partial charge in [0.2, 0.25) is 5.91 Å². The third-order valence-corrected chi connectivity index (χ3v) is 5.31. The van der Waals surface area contributed by atoms with Gasteiger partial charge in [-0.15, -0.1) is 0 Å². The Kier molecular flexibility index (Phi) is 5.92. The topological polar surface area (TPSA) is 107 Å². The van der Waals surface area contributed by atoms with Gasteiger partial charge in [-0.1, -0.05) is 6.07 Å². The summed E-state index contributed by atoms with van der Waals surface area (Å²) in [6, 6.07) is 6.90. The number of carbonyl (C=O) groups is 3. The summed E-state index contributed by atoms with van der Waals surface area (Å²) < 4.78 is 13.5. The van der Waals surface area contributed by atoms with Crippen LogP contribution in [0.25, 0.3) is 10.9 Å². The van der Waals surface area contributed by atoms with Gasteiger partial charge in [-0.3, -0.25) is 19.5 Å². The molecule has 1 saturated heterocycles. The number of nitrogens with zero attached hydrogens (tertiary/aromatic N) is 2. The van der Waals surface area contributed by atoms with Gasteiger partial charge in [0.25, 0.3) is 5.91 Å². The zero-order valence-corrected chi connectivity index (χ0v) is 16.7. The van der Waals surface area contributed by atoms with Crippen molar-refractivity contribution >= 4 is 28.7 Å². The van der Waals surface area contributed by atoms with Gasteiger partial charge in [-0.25, -0.2) is 9.18 Å². The van der Waals surface area contributed by atoms with Crippen LogP contribution in [0.3, 0.4) is 0 Å². The fourth-order valence-corrected chi connectivity index (χ4v) is 3.64. The Morgan fingerprint density at radius 2 is 2.13 bits per heavy atom. The molecule has 3 N–H and O–H groups in total. The van der Waals surface area contributed by atoms with Crippen molar-refractivity contribution in [3.8, 4) is 0 Å². The van der Waals surface area contributed by atoms with Crippen LogP contribution in [0.2, 0.25) is 0 Å². The summed E-state index contributed by atoms with van der Waals surface area (Å²) in [5.74, 6) is -0.897. The predicted octanol–water partition coefficient (Wildman–Crippen LogP) is 2.26. The molecule has 1 fully saturated rings. The molecule has 0 saturated carbocycles. The molecular formula is C22H22FN5O3. The number of carbonyl (C=O) groups excluding carboxylic acids is 3. The number of H-pyrrole nitrogens is 1. The molecule has 31 heavy (non-hydrogen) atoms. The summed E-state index contributed by atoms with van der Waals surface area (Å²) in [6.07, 6.45) is 5.82. The highest BCUT2D eigenvalue weighted by Gasteiger charge is 2.37. The standard InChI is InChI=1S/C22H22FN5O3/c23-16-3-4-18-17(10-16)15(13-25-18)7-9-28-21(30)19(27-22(28)31)5-6-20(29)26-12-14-2-1-8-24-11-14/h1-4,8,10-11,13,19,25H,5-7,9,12H2,(H,26,29)(H,27,31)/t19-/m0/s1. The third kappa shape index (κ3) is 4.71. The van der Waals surface area contributed by atoms with Gasteiger partial charge in [0.05, 0.1) is 0 Å². The number of pyridine rings is 1. The molecule has 4 rings (SSSR count). The van der Waals surface area contributed by atoms with Gasteiger partial charge in [0, 0.05) is 49.0 Å². The molecular weight excluding hydrogens is 401 g/mol. The van der Waals surface area contributed by atoms with Crippen LogP contribution in [0.4, 0.5) is 9.18 Å². The first-order chi connectivity index (χ1) is 15.0. The van der Waals surface area contributed by atoms with Crippen molar-refractivity contribution in [1.29, 1.82) is 0 Å². The highest BCUT2D eigenvalue weighted by atomic mass is 19.1. The van der Waals surface area contributed by atoms with Gasteiger partial charge < -0.3 is 15.6 Å². The number of halogens is 1. The van der Waals surface area contributed by atoms with Gasteiger partial charge in [-0.05, 0) is 48.2 Å². The number of aromatic amines is 1. The number of aromatic nitrogens is 2. The van der Waals surface area contributed by atoms with E-state index >= 15 is 0 Å². The Labute approximate surface area is 177 Å². The van der Waals surface area contributed by atoms with E-state index in [9.17, 15) is 18.8 Å². The molecule has 0 unspecified atom stereocenters. The lowest BCUT2D eigenvalue weighted by Crippen LogP contribution is -2.33. The zero-order chi connectivity index (χ0) is 21.8. The highest BCUT2D eigenvalue weighted by Crippen LogP contribution is 2.21. The van der Waals surface area contributed by atoms with Crippen LogP contribution in [-0.2, 0) is 22.6 Å². The first-order valence-corrected chi connectivity index (χ1v) is 10.0. The molecule has 1 aliphatic rings. The van der Waals surface area contributed by atoms with Gasteiger partial charge in [0.15, 0.2) is 0 Å². The van der Waals surface area contributed by atoms with E-state index in [-0.39, 0.29) is 37.0 Å². The van der Waals surface area contributed by atoms with E-state index in [0.717, 1.165) is 26.9 Å². The molecule has 8 nitrogen and oxygen atoms in total. The number of fused-ring (bicyclic) bond motifs is 1. The van der Waals surface area contributed by atoms with E-state index in [0.29, 0.717) is 13.0 Å². The van der Waals surface area contributed by atoms with E-state index in [1.165, 1.54) is 12.1 Å². The van der Waals surface area contributed by atoms with Gasteiger partial charge >= 0.3 is 6.03 Å². The third-order valence-electron chi connectivity index (χ3n) is 5.31. The number of hydrogen-bond donors (Lipinski definition) is 3. The smallest absolute Gasteiger partial charge is 0.324 e. The van der Waals surface area contributed by atoms with E-state index in [4.69, 9.17) is 0 Å². The first kappa shape index (κ1) is 20.5. The fourth-order valence-electron chi connectivity index (χ4n) is 3.64. The predicted molar refractivity (Wildman–Crippen MR) is 111 cm³/mol. The molecule has 1 atom stereocenters. The summed E-state index contributed by atoms with van der Waals surface area (Å²) in [4.78, 5) is 45.1. The van der Waals surface area contributed by atoms with Crippen molar-refractivity contribution in [2.24, 2.45) is 0 Å². The summed E-state index contributed by atoms with van der Waals surface area (Å²) in [5, 5.41) is 6.14. The van der Waals surface area contributed by atoms with Crippen molar-refractivity contribution in [2.75, 3.05) is 6.54 Å². The molecule has 2 aromatic heterocycles. The lowest BCUT2D eigenvalue weighted by atomic mass is 10.1. The average molecular weight is 423 g/mol. The second-order valence-electron chi connectivity index (χ2n) is 7.42. The minimum absolute atomic E-state index is 0.118. The van der Waals surface area contributed by atoms with Crippen LogP contribution in [0.1, 0.15) is 24.0 Å². The van der Waals surface area contributed by atoms with Crippen molar-refractivity contribution in [3.05, 3.63) is 65.9 Å². The lowest BCUT2D eigenvalue weighted by Gasteiger charge is -2.12. The molecule has 0 spiro atoms. The maximum atomic E-state index is 13.5. The van der Waals surface area contributed by atoms with Crippen LogP contribution in [-0.4, -0.2) is 45.3 Å². The second kappa shape index (κ2) is 8.95. The molecule has 1 aliphatic heterocycles. The van der Waals surface area contributed by atoms with Crippen LogP contribution >= 0.6 is 0 Å². The van der Waals surface area contributed by atoms with Crippen molar-refractivity contribution in [3.63, 3.8) is 0 Å². The maximum Gasteiger partial charge on any atom is 0.324 e. The summed E-state index contributed by atoms with van der Waals surface area (Å²) in [6.45, 7) is 0.535. The fraction of sp³-hybridized carbons (Fsp3) is 0.273. The Morgan fingerprint density at radius 1 is 1.26 bits per heavy atom. The van der Waals surface area contributed by atoms with Gasteiger partial charge in [-0.2, -0.15) is 0 Å². The number of amides is 4. The Morgan fingerprint density at radius 3 is 2.94 bits per heavy atom. The van der Waals surface area contributed by atoms with Crippen LogP contribution in [0.15, 0.2) is 48.9 Å². The number of urea groups is 1. The molecule has 3 aromatic rings. The van der Waals surface area contributed by atoms with E-state index in [1.54, 1.807) is 30.7 Å². The summed E-state index contributed by atoms with van der Waals surface area (Å²) in [5.41, 5.74) is 2.50. The highest BCUT2D eigenvalue weighted by molar-refractivity contribution is 6.04. The van der Waals surface area contributed by atoms with Gasteiger partial charge in [0.1, 0.15) is 11.9 Å². The summed E-state index contributed by atoms with van der Waals surface area (Å²) >= 11 is 0. The first-order valence-electron chi connectivity index (χ1n) is 10.0. The number of imide groups is 1. The molecule has 9 heteroatoms. The minimum Gasteiger partial charge on any atom is -0.361 e. The normalized spacial score (nSPS) is 16.0. The van der Waals surface area contributed by atoms with E-state index in [2.05, 4.69) is 20.6 Å².